The molecule has 1 heterocycles. The van der Waals surface area contributed by atoms with Crippen molar-refractivity contribution in [3.8, 4) is 21.8 Å². The lowest BCUT2D eigenvalue weighted by atomic mass is 9.97. The van der Waals surface area contributed by atoms with Crippen molar-refractivity contribution in [2.24, 2.45) is 0 Å². The maximum absolute atomic E-state index is 6.24. The van der Waals surface area contributed by atoms with E-state index in [0.717, 1.165) is 26.8 Å². The van der Waals surface area contributed by atoms with Gasteiger partial charge in [-0.15, -0.1) is 0 Å². The molecule has 2 N–H and O–H groups in total. The summed E-state index contributed by atoms with van der Waals surface area (Å²) in [4.78, 5) is 4.80. The fourth-order valence-corrected chi connectivity index (χ4v) is 3.61. The van der Waals surface area contributed by atoms with Crippen LogP contribution in [0.3, 0.4) is 0 Å². The minimum atomic E-state index is 0.781. The SMILES string of the molecule is Cc1cc(C)c(-c2nc(-c3ccccc3)sc2N)c(C)c1. The van der Waals surface area contributed by atoms with E-state index in [0.29, 0.717) is 0 Å². The molecule has 0 fully saturated rings. The maximum Gasteiger partial charge on any atom is 0.126 e. The van der Waals surface area contributed by atoms with Crippen LogP contribution in [-0.4, -0.2) is 4.98 Å². The molecule has 0 saturated heterocycles. The normalized spacial score (nSPS) is 10.8. The molecule has 0 atom stereocenters. The van der Waals surface area contributed by atoms with Gasteiger partial charge in [-0.2, -0.15) is 0 Å². The summed E-state index contributed by atoms with van der Waals surface area (Å²) >= 11 is 1.55. The van der Waals surface area contributed by atoms with Gasteiger partial charge in [0.05, 0.1) is 0 Å². The number of nitrogens with zero attached hydrogens (tertiary/aromatic N) is 1. The number of aryl methyl sites for hydroxylation is 3. The molecule has 3 rings (SSSR count). The Balaban J connectivity index is 2.15. The summed E-state index contributed by atoms with van der Waals surface area (Å²) in [5, 5.41) is 1.76. The van der Waals surface area contributed by atoms with Gasteiger partial charge in [-0.05, 0) is 31.9 Å². The van der Waals surface area contributed by atoms with Crippen molar-refractivity contribution < 1.29 is 0 Å². The Bertz CT molecular complexity index is 765. The first-order valence-electron chi connectivity index (χ1n) is 6.96. The summed E-state index contributed by atoms with van der Waals surface area (Å²) in [6.07, 6.45) is 0. The Hall–Kier alpha value is -2.13. The quantitative estimate of drug-likeness (QED) is 0.723. The summed E-state index contributed by atoms with van der Waals surface area (Å²) in [7, 11) is 0. The molecule has 0 bridgehead atoms. The Labute approximate surface area is 129 Å². The first kappa shape index (κ1) is 13.8. The number of anilines is 1. The molecule has 0 aliphatic carbocycles. The van der Waals surface area contributed by atoms with E-state index in [1.165, 1.54) is 16.7 Å². The van der Waals surface area contributed by atoms with Crippen LogP contribution in [0.15, 0.2) is 42.5 Å². The standard InChI is InChI=1S/C18H18N2S/c1-11-9-12(2)15(13(3)10-11)16-17(19)21-18(20-16)14-7-5-4-6-8-14/h4-10H,19H2,1-3H3. The van der Waals surface area contributed by atoms with E-state index in [1.54, 1.807) is 11.3 Å². The number of aromatic nitrogens is 1. The largest absolute Gasteiger partial charge is 0.389 e. The number of benzene rings is 2. The zero-order valence-electron chi connectivity index (χ0n) is 12.5. The van der Waals surface area contributed by atoms with E-state index in [2.05, 4.69) is 45.0 Å². The van der Waals surface area contributed by atoms with E-state index in [9.17, 15) is 0 Å². The second-order valence-electron chi connectivity index (χ2n) is 5.37. The summed E-state index contributed by atoms with van der Waals surface area (Å²) in [5.41, 5.74) is 13.2. The van der Waals surface area contributed by atoms with E-state index in [4.69, 9.17) is 10.7 Å². The highest BCUT2D eigenvalue weighted by atomic mass is 32.1. The van der Waals surface area contributed by atoms with Crippen LogP contribution < -0.4 is 5.73 Å². The topological polar surface area (TPSA) is 38.9 Å². The molecule has 0 spiro atoms. The van der Waals surface area contributed by atoms with Crippen molar-refractivity contribution in [2.75, 3.05) is 5.73 Å². The minimum absolute atomic E-state index is 0.781. The Kier molecular flexibility index (Phi) is 3.52. The van der Waals surface area contributed by atoms with E-state index in [-0.39, 0.29) is 0 Å². The average molecular weight is 294 g/mol. The molecular weight excluding hydrogens is 276 g/mol. The lowest BCUT2D eigenvalue weighted by Gasteiger charge is -2.09. The average Bonchev–Trinajstić information content (AvgIpc) is 2.81. The zero-order chi connectivity index (χ0) is 15.0. The van der Waals surface area contributed by atoms with Crippen molar-refractivity contribution in [3.63, 3.8) is 0 Å². The summed E-state index contributed by atoms with van der Waals surface area (Å²) < 4.78 is 0. The summed E-state index contributed by atoms with van der Waals surface area (Å²) in [6, 6.07) is 14.6. The Morgan fingerprint density at radius 3 is 2.19 bits per heavy atom. The van der Waals surface area contributed by atoms with Crippen LogP contribution >= 0.6 is 11.3 Å². The van der Waals surface area contributed by atoms with Crippen molar-refractivity contribution in [3.05, 3.63) is 59.2 Å². The van der Waals surface area contributed by atoms with Crippen molar-refractivity contribution >= 4 is 16.3 Å². The van der Waals surface area contributed by atoms with Gasteiger partial charge in [-0.3, -0.25) is 0 Å². The molecule has 0 amide bonds. The fraction of sp³-hybridized carbons (Fsp3) is 0.167. The summed E-state index contributed by atoms with van der Waals surface area (Å²) in [5.74, 6) is 0. The van der Waals surface area contributed by atoms with Gasteiger partial charge < -0.3 is 5.73 Å². The van der Waals surface area contributed by atoms with Crippen molar-refractivity contribution in [1.82, 2.24) is 4.98 Å². The van der Waals surface area contributed by atoms with Gasteiger partial charge in [-0.1, -0.05) is 59.4 Å². The van der Waals surface area contributed by atoms with Crippen LogP contribution in [0.4, 0.5) is 5.00 Å². The first-order chi connectivity index (χ1) is 10.1. The molecule has 21 heavy (non-hydrogen) atoms. The number of thiazole rings is 1. The molecule has 106 valence electrons. The number of nitrogens with two attached hydrogens (primary N) is 1. The van der Waals surface area contributed by atoms with Gasteiger partial charge in [0.1, 0.15) is 15.7 Å². The van der Waals surface area contributed by atoms with Gasteiger partial charge in [0.15, 0.2) is 0 Å². The lowest BCUT2D eigenvalue weighted by molar-refractivity contribution is 1.29. The molecule has 0 aliphatic rings. The zero-order valence-corrected chi connectivity index (χ0v) is 13.3. The molecule has 0 unspecified atom stereocenters. The third-order valence-corrected chi connectivity index (χ3v) is 4.52. The van der Waals surface area contributed by atoms with Crippen LogP contribution in [0.5, 0.6) is 0 Å². The van der Waals surface area contributed by atoms with Gasteiger partial charge in [-0.25, -0.2) is 4.98 Å². The predicted octanol–water partition coefficient (Wildman–Crippen LogP) is 4.98. The van der Waals surface area contributed by atoms with Crippen LogP contribution in [0, 0.1) is 20.8 Å². The minimum Gasteiger partial charge on any atom is -0.389 e. The second-order valence-corrected chi connectivity index (χ2v) is 6.40. The lowest BCUT2D eigenvalue weighted by Crippen LogP contribution is -1.93. The van der Waals surface area contributed by atoms with Gasteiger partial charge in [0, 0.05) is 11.1 Å². The molecule has 0 aliphatic heterocycles. The molecular formula is C18H18N2S. The predicted molar refractivity (Wildman–Crippen MR) is 91.6 cm³/mol. The number of nitrogen functional groups attached to an aromatic ring is 1. The molecule has 3 heteroatoms. The highest BCUT2D eigenvalue weighted by Crippen LogP contribution is 2.38. The Morgan fingerprint density at radius 2 is 1.57 bits per heavy atom. The van der Waals surface area contributed by atoms with Crippen LogP contribution in [0.1, 0.15) is 16.7 Å². The van der Waals surface area contributed by atoms with Crippen LogP contribution in [-0.2, 0) is 0 Å². The van der Waals surface area contributed by atoms with Gasteiger partial charge >= 0.3 is 0 Å². The molecule has 2 nitrogen and oxygen atoms in total. The first-order valence-corrected chi connectivity index (χ1v) is 7.78. The van der Waals surface area contributed by atoms with Crippen LogP contribution in [0.2, 0.25) is 0 Å². The van der Waals surface area contributed by atoms with Gasteiger partial charge in [0.25, 0.3) is 0 Å². The molecule has 0 radical (unpaired) electrons. The van der Waals surface area contributed by atoms with Crippen LogP contribution in [0.25, 0.3) is 21.8 Å². The van der Waals surface area contributed by atoms with Gasteiger partial charge in [0.2, 0.25) is 0 Å². The molecule has 3 aromatic rings. The van der Waals surface area contributed by atoms with E-state index >= 15 is 0 Å². The maximum atomic E-state index is 6.24. The number of hydrogen-bond acceptors (Lipinski definition) is 3. The van der Waals surface area contributed by atoms with E-state index in [1.807, 2.05) is 18.2 Å². The molecule has 1 aromatic heterocycles. The smallest absolute Gasteiger partial charge is 0.126 e. The monoisotopic (exact) mass is 294 g/mol. The second kappa shape index (κ2) is 5.34. The van der Waals surface area contributed by atoms with E-state index < -0.39 is 0 Å². The summed E-state index contributed by atoms with van der Waals surface area (Å²) in [6.45, 7) is 6.36. The molecule has 0 saturated carbocycles. The third-order valence-electron chi connectivity index (χ3n) is 3.59. The third kappa shape index (κ3) is 2.57. The number of rotatable bonds is 2. The fourth-order valence-electron chi connectivity index (χ4n) is 2.77. The van der Waals surface area contributed by atoms with Crippen molar-refractivity contribution in [2.45, 2.75) is 20.8 Å². The molecule has 2 aromatic carbocycles. The number of hydrogen-bond donors (Lipinski definition) is 1. The highest BCUT2D eigenvalue weighted by molar-refractivity contribution is 7.19. The van der Waals surface area contributed by atoms with Crippen molar-refractivity contribution in [1.29, 1.82) is 0 Å². The Morgan fingerprint density at radius 1 is 0.952 bits per heavy atom. The highest BCUT2D eigenvalue weighted by Gasteiger charge is 2.16.